The van der Waals surface area contributed by atoms with Gasteiger partial charge in [-0.05, 0) is 32.0 Å². The Bertz CT molecular complexity index is 575. The van der Waals surface area contributed by atoms with Crippen LogP contribution in [0.1, 0.15) is 20.1 Å². The number of Topliss-reactive ketones (excluding diaryl/α,β-unsaturated/α-hetero) is 1. The van der Waals surface area contributed by atoms with Gasteiger partial charge in [0, 0.05) is 15.3 Å². The second-order valence-electron chi connectivity index (χ2n) is 3.97. The van der Waals surface area contributed by atoms with Crippen LogP contribution in [0.25, 0.3) is 0 Å². The zero-order valence-electron chi connectivity index (χ0n) is 10.2. The number of hydrogen-bond donors (Lipinski definition) is 0. The van der Waals surface area contributed by atoms with E-state index in [-0.39, 0.29) is 18.1 Å². The first-order chi connectivity index (χ1) is 8.58. The molecule has 0 aliphatic carbocycles. The first kappa shape index (κ1) is 12.8. The molecule has 1 aromatic heterocycles. The molecule has 0 aliphatic heterocycles. The number of ether oxygens (including phenoxy) is 1. The summed E-state index contributed by atoms with van der Waals surface area (Å²) in [6.07, 6.45) is 0. The van der Waals surface area contributed by atoms with E-state index in [0.717, 1.165) is 9.75 Å². The fourth-order valence-corrected chi connectivity index (χ4v) is 2.63. The number of aryl methyl sites for hydroxylation is 2. The summed E-state index contributed by atoms with van der Waals surface area (Å²) in [4.78, 5) is 14.0. The third-order valence-electron chi connectivity index (χ3n) is 2.54. The summed E-state index contributed by atoms with van der Waals surface area (Å²) < 4.78 is 18.5. The van der Waals surface area contributed by atoms with Crippen molar-refractivity contribution in [2.24, 2.45) is 0 Å². The Balaban J connectivity index is 2.05. The minimum absolute atomic E-state index is 0.107. The smallest absolute Gasteiger partial charge is 0.201 e. The van der Waals surface area contributed by atoms with Crippen molar-refractivity contribution in [2.75, 3.05) is 6.61 Å². The Kier molecular flexibility index (Phi) is 3.77. The van der Waals surface area contributed by atoms with Gasteiger partial charge in [-0.3, -0.25) is 4.79 Å². The Morgan fingerprint density at radius 3 is 2.67 bits per heavy atom. The van der Waals surface area contributed by atoms with Crippen LogP contribution in [0, 0.1) is 19.7 Å². The van der Waals surface area contributed by atoms with E-state index in [4.69, 9.17) is 4.74 Å². The molecule has 2 rings (SSSR count). The first-order valence-corrected chi connectivity index (χ1v) is 6.37. The molecule has 0 saturated carbocycles. The van der Waals surface area contributed by atoms with Gasteiger partial charge in [-0.15, -0.1) is 11.3 Å². The molecule has 0 radical (unpaired) electrons. The van der Waals surface area contributed by atoms with Gasteiger partial charge in [0.1, 0.15) is 0 Å². The van der Waals surface area contributed by atoms with Gasteiger partial charge in [0.25, 0.3) is 0 Å². The molecule has 0 aliphatic rings. The first-order valence-electron chi connectivity index (χ1n) is 5.55. The number of carbonyl (C=O) groups is 1. The highest BCUT2D eigenvalue weighted by Gasteiger charge is 2.13. The van der Waals surface area contributed by atoms with Crippen molar-refractivity contribution in [1.29, 1.82) is 0 Å². The SMILES string of the molecule is Cc1cc(C(=O)COc2ccccc2F)c(C)s1. The van der Waals surface area contributed by atoms with E-state index in [1.54, 1.807) is 23.5 Å². The number of carbonyl (C=O) groups excluding carboxylic acids is 1. The van der Waals surface area contributed by atoms with Gasteiger partial charge in [0.15, 0.2) is 18.2 Å². The van der Waals surface area contributed by atoms with E-state index >= 15 is 0 Å². The Morgan fingerprint density at radius 2 is 2.06 bits per heavy atom. The third kappa shape index (κ3) is 2.76. The summed E-state index contributed by atoms with van der Waals surface area (Å²) in [5.74, 6) is -0.473. The van der Waals surface area contributed by atoms with Crippen LogP contribution in [0.5, 0.6) is 5.75 Å². The van der Waals surface area contributed by atoms with Crippen molar-refractivity contribution in [3.8, 4) is 5.75 Å². The Labute approximate surface area is 109 Å². The fraction of sp³-hybridized carbons (Fsp3) is 0.214. The topological polar surface area (TPSA) is 26.3 Å². The third-order valence-corrected chi connectivity index (χ3v) is 3.50. The molecule has 0 bridgehead atoms. The lowest BCUT2D eigenvalue weighted by molar-refractivity contribution is 0.0918. The molecule has 0 fully saturated rings. The summed E-state index contributed by atoms with van der Waals surface area (Å²) in [6, 6.07) is 7.90. The van der Waals surface area contributed by atoms with E-state index in [2.05, 4.69) is 0 Å². The molecular weight excluding hydrogens is 251 g/mol. The maximum Gasteiger partial charge on any atom is 0.201 e. The average molecular weight is 264 g/mol. The van der Waals surface area contributed by atoms with Crippen molar-refractivity contribution in [1.82, 2.24) is 0 Å². The van der Waals surface area contributed by atoms with Gasteiger partial charge >= 0.3 is 0 Å². The van der Waals surface area contributed by atoms with Crippen LogP contribution in [-0.2, 0) is 0 Å². The van der Waals surface area contributed by atoms with Gasteiger partial charge in [0.2, 0.25) is 5.78 Å². The van der Waals surface area contributed by atoms with Crippen LogP contribution in [0.2, 0.25) is 0 Å². The number of halogens is 1. The highest BCUT2D eigenvalue weighted by Crippen LogP contribution is 2.22. The van der Waals surface area contributed by atoms with Gasteiger partial charge in [-0.25, -0.2) is 4.39 Å². The van der Waals surface area contributed by atoms with Gasteiger partial charge in [-0.1, -0.05) is 12.1 Å². The molecule has 0 amide bonds. The van der Waals surface area contributed by atoms with Crippen molar-refractivity contribution >= 4 is 17.1 Å². The average Bonchev–Trinajstić information content (AvgIpc) is 2.67. The summed E-state index contributed by atoms with van der Waals surface area (Å²) in [7, 11) is 0. The van der Waals surface area contributed by atoms with Crippen molar-refractivity contribution in [3.63, 3.8) is 0 Å². The molecule has 18 heavy (non-hydrogen) atoms. The normalized spacial score (nSPS) is 10.4. The highest BCUT2D eigenvalue weighted by molar-refractivity contribution is 7.12. The van der Waals surface area contributed by atoms with Crippen LogP contribution in [0.15, 0.2) is 30.3 Å². The molecule has 94 valence electrons. The van der Waals surface area contributed by atoms with Crippen LogP contribution >= 0.6 is 11.3 Å². The van der Waals surface area contributed by atoms with Gasteiger partial charge < -0.3 is 4.74 Å². The minimum atomic E-state index is -0.455. The number of ketones is 1. The van der Waals surface area contributed by atoms with Crippen molar-refractivity contribution < 1.29 is 13.9 Å². The zero-order chi connectivity index (χ0) is 13.1. The maximum atomic E-state index is 13.3. The second-order valence-corrected chi connectivity index (χ2v) is 5.43. The van der Waals surface area contributed by atoms with Crippen LogP contribution in [0.3, 0.4) is 0 Å². The quantitative estimate of drug-likeness (QED) is 0.786. The molecule has 2 nitrogen and oxygen atoms in total. The van der Waals surface area contributed by atoms with Crippen molar-refractivity contribution in [3.05, 3.63) is 51.5 Å². The lowest BCUT2D eigenvalue weighted by Gasteiger charge is -2.05. The Hall–Kier alpha value is -1.68. The van der Waals surface area contributed by atoms with E-state index < -0.39 is 5.82 Å². The molecule has 1 heterocycles. The fourth-order valence-electron chi connectivity index (χ4n) is 1.69. The van der Waals surface area contributed by atoms with Crippen LogP contribution in [-0.4, -0.2) is 12.4 Å². The van der Waals surface area contributed by atoms with E-state index in [1.807, 2.05) is 19.9 Å². The standard InChI is InChI=1S/C14H13FO2S/c1-9-7-11(10(2)18-9)13(16)8-17-14-6-4-3-5-12(14)15/h3-7H,8H2,1-2H3. The molecule has 1 aromatic carbocycles. The number of rotatable bonds is 4. The molecule has 0 saturated heterocycles. The van der Waals surface area contributed by atoms with E-state index in [1.165, 1.54) is 12.1 Å². The predicted octanol–water partition coefficient (Wildman–Crippen LogP) is 3.77. The molecule has 0 N–H and O–H groups in total. The highest BCUT2D eigenvalue weighted by atomic mass is 32.1. The number of hydrogen-bond acceptors (Lipinski definition) is 3. The molecular formula is C14H13FO2S. The second kappa shape index (κ2) is 5.31. The van der Waals surface area contributed by atoms with Gasteiger partial charge in [0.05, 0.1) is 0 Å². The lowest BCUT2D eigenvalue weighted by Crippen LogP contribution is -2.12. The summed E-state index contributed by atoms with van der Waals surface area (Å²) in [6.45, 7) is 3.71. The monoisotopic (exact) mass is 264 g/mol. The molecule has 0 spiro atoms. The molecule has 2 aromatic rings. The number of thiophene rings is 1. The molecule has 0 atom stereocenters. The van der Waals surface area contributed by atoms with E-state index in [0.29, 0.717) is 5.56 Å². The summed E-state index contributed by atoms with van der Waals surface area (Å²) in [5, 5.41) is 0. The Morgan fingerprint density at radius 1 is 1.33 bits per heavy atom. The van der Waals surface area contributed by atoms with E-state index in [9.17, 15) is 9.18 Å². The van der Waals surface area contributed by atoms with Crippen LogP contribution < -0.4 is 4.74 Å². The minimum Gasteiger partial charge on any atom is -0.482 e. The lowest BCUT2D eigenvalue weighted by atomic mass is 10.2. The number of para-hydroxylation sites is 1. The predicted molar refractivity (Wildman–Crippen MR) is 70.0 cm³/mol. The van der Waals surface area contributed by atoms with Crippen molar-refractivity contribution in [2.45, 2.75) is 13.8 Å². The maximum absolute atomic E-state index is 13.3. The van der Waals surface area contributed by atoms with Gasteiger partial charge in [-0.2, -0.15) is 0 Å². The number of benzene rings is 1. The molecule has 4 heteroatoms. The largest absolute Gasteiger partial charge is 0.482 e. The summed E-state index contributed by atoms with van der Waals surface area (Å²) >= 11 is 1.57. The van der Waals surface area contributed by atoms with Crippen LogP contribution in [0.4, 0.5) is 4.39 Å². The summed E-state index contributed by atoms with van der Waals surface area (Å²) in [5.41, 5.74) is 0.661. The molecule has 0 unspecified atom stereocenters. The zero-order valence-corrected chi connectivity index (χ0v) is 11.0.